The second-order valence-electron chi connectivity index (χ2n) is 7.57. The van der Waals surface area contributed by atoms with Gasteiger partial charge in [-0.15, -0.1) is 10.2 Å². The Kier molecular flexibility index (Phi) is 6.35. The predicted molar refractivity (Wildman–Crippen MR) is 120 cm³/mol. The molecule has 0 spiro atoms. The number of imidazole rings is 1. The van der Waals surface area contributed by atoms with Crippen molar-refractivity contribution in [1.82, 2.24) is 34.7 Å². The number of aryl methyl sites for hydroxylation is 2. The van der Waals surface area contributed by atoms with Crippen LogP contribution in [0.15, 0.2) is 53.6 Å². The van der Waals surface area contributed by atoms with Crippen LogP contribution in [0.2, 0.25) is 0 Å². The van der Waals surface area contributed by atoms with Crippen molar-refractivity contribution >= 4 is 0 Å². The van der Waals surface area contributed by atoms with Crippen LogP contribution in [0, 0.1) is 0 Å². The first-order chi connectivity index (χ1) is 15.2. The largest absolute Gasteiger partial charge is 0.332 e. The summed E-state index contributed by atoms with van der Waals surface area (Å²) < 4.78 is 3.68. The molecule has 0 aliphatic heterocycles. The lowest BCUT2D eigenvalue weighted by molar-refractivity contribution is 0.608. The average molecular weight is 418 g/mol. The van der Waals surface area contributed by atoms with Gasteiger partial charge < -0.3 is 0 Å². The monoisotopic (exact) mass is 417 g/mol. The molecule has 4 rings (SSSR count). The van der Waals surface area contributed by atoms with E-state index in [0.717, 1.165) is 66.9 Å². The molecule has 3 aromatic heterocycles. The van der Waals surface area contributed by atoms with Gasteiger partial charge in [-0.2, -0.15) is 5.21 Å². The summed E-state index contributed by atoms with van der Waals surface area (Å²) >= 11 is 0. The molecule has 31 heavy (non-hydrogen) atoms. The quantitative estimate of drug-likeness (QED) is 0.444. The van der Waals surface area contributed by atoms with Crippen LogP contribution in [0.3, 0.4) is 0 Å². The zero-order valence-electron chi connectivity index (χ0n) is 18.0. The minimum Gasteiger partial charge on any atom is -0.299 e. The zero-order valence-corrected chi connectivity index (χ0v) is 18.0. The first kappa shape index (κ1) is 20.7. The summed E-state index contributed by atoms with van der Waals surface area (Å²) in [5, 5.41) is 14.3. The van der Waals surface area contributed by atoms with Crippen LogP contribution in [0.5, 0.6) is 0 Å². The molecule has 0 amide bonds. The lowest BCUT2D eigenvalue weighted by Crippen LogP contribution is -2.24. The van der Waals surface area contributed by atoms with Crippen LogP contribution in [0.25, 0.3) is 28.3 Å². The fourth-order valence-electron chi connectivity index (χ4n) is 3.70. The number of benzene rings is 1. The van der Waals surface area contributed by atoms with Crippen molar-refractivity contribution in [2.24, 2.45) is 0 Å². The van der Waals surface area contributed by atoms with Crippen molar-refractivity contribution < 1.29 is 0 Å². The second-order valence-corrected chi connectivity index (χ2v) is 7.57. The second kappa shape index (κ2) is 9.51. The third-order valence-corrected chi connectivity index (χ3v) is 5.36. The van der Waals surface area contributed by atoms with Crippen molar-refractivity contribution in [3.63, 3.8) is 0 Å². The van der Waals surface area contributed by atoms with Gasteiger partial charge in [0, 0.05) is 35.8 Å². The predicted octanol–water partition coefficient (Wildman–Crippen LogP) is 4.02. The summed E-state index contributed by atoms with van der Waals surface area (Å²) in [5.41, 5.74) is 4.45. The van der Waals surface area contributed by atoms with Gasteiger partial charge in [0.05, 0.1) is 11.4 Å². The van der Waals surface area contributed by atoms with Gasteiger partial charge in [-0.3, -0.25) is 14.1 Å². The van der Waals surface area contributed by atoms with E-state index in [0.29, 0.717) is 5.82 Å². The molecule has 0 aliphatic carbocycles. The maximum absolute atomic E-state index is 13.1. The Hall–Kier alpha value is -3.55. The minimum absolute atomic E-state index is 0.0256. The van der Waals surface area contributed by atoms with E-state index in [1.807, 2.05) is 51.7 Å². The van der Waals surface area contributed by atoms with Crippen molar-refractivity contribution in [3.05, 3.63) is 65.0 Å². The molecule has 3 heterocycles. The molecule has 0 unspecified atom stereocenters. The molecule has 0 radical (unpaired) electrons. The molecule has 0 saturated carbocycles. The van der Waals surface area contributed by atoms with Gasteiger partial charge >= 0.3 is 5.69 Å². The number of pyridine rings is 1. The maximum Gasteiger partial charge on any atom is 0.332 e. The molecule has 0 aliphatic rings. The highest BCUT2D eigenvalue weighted by Crippen LogP contribution is 2.28. The van der Waals surface area contributed by atoms with Gasteiger partial charge in [0.25, 0.3) is 0 Å². The Morgan fingerprint density at radius 3 is 2.55 bits per heavy atom. The number of aromatic nitrogens is 7. The molecule has 0 saturated heterocycles. The lowest BCUT2D eigenvalue weighted by Gasteiger charge is -2.09. The Labute approximate surface area is 181 Å². The summed E-state index contributed by atoms with van der Waals surface area (Å²) in [6.45, 7) is 5.06. The van der Waals surface area contributed by atoms with Gasteiger partial charge in [0.15, 0.2) is 0 Å². The number of tetrazole rings is 1. The highest BCUT2D eigenvalue weighted by atomic mass is 16.1. The van der Waals surface area contributed by atoms with Crippen LogP contribution in [-0.4, -0.2) is 34.7 Å². The van der Waals surface area contributed by atoms with Crippen molar-refractivity contribution in [3.8, 4) is 28.3 Å². The van der Waals surface area contributed by atoms with Gasteiger partial charge in [-0.25, -0.2) is 4.79 Å². The summed E-state index contributed by atoms with van der Waals surface area (Å²) in [4.78, 5) is 17.6. The Morgan fingerprint density at radius 1 is 1.03 bits per heavy atom. The van der Waals surface area contributed by atoms with E-state index in [9.17, 15) is 4.79 Å². The van der Waals surface area contributed by atoms with E-state index in [4.69, 9.17) is 0 Å². The van der Waals surface area contributed by atoms with Crippen LogP contribution in [-0.2, 0) is 13.0 Å². The molecule has 4 aromatic rings. The average Bonchev–Trinajstić information content (AvgIpc) is 3.45. The molecule has 160 valence electrons. The van der Waals surface area contributed by atoms with E-state index in [1.54, 1.807) is 6.20 Å². The molecule has 1 N–H and O–H groups in total. The number of hydrogen-bond acceptors (Lipinski definition) is 5. The van der Waals surface area contributed by atoms with Crippen molar-refractivity contribution in [2.45, 2.75) is 52.5 Å². The highest BCUT2D eigenvalue weighted by molar-refractivity contribution is 5.77. The highest BCUT2D eigenvalue weighted by Gasteiger charge is 2.15. The Balaban J connectivity index is 1.71. The van der Waals surface area contributed by atoms with E-state index in [-0.39, 0.29) is 5.69 Å². The fraction of sp³-hybridized carbons (Fsp3) is 0.348. The van der Waals surface area contributed by atoms with Crippen molar-refractivity contribution in [1.29, 1.82) is 0 Å². The smallest absolute Gasteiger partial charge is 0.299 e. The van der Waals surface area contributed by atoms with Gasteiger partial charge in [0.1, 0.15) is 0 Å². The van der Waals surface area contributed by atoms with E-state index in [1.165, 1.54) is 0 Å². The summed E-state index contributed by atoms with van der Waals surface area (Å²) in [6.07, 6.45) is 8.85. The number of H-pyrrole nitrogens is 1. The molecule has 8 nitrogen and oxygen atoms in total. The number of hydrogen-bond donors (Lipinski definition) is 1. The zero-order chi connectivity index (χ0) is 21.6. The summed E-state index contributed by atoms with van der Waals surface area (Å²) in [6, 6.07) is 11.7. The van der Waals surface area contributed by atoms with E-state index in [2.05, 4.69) is 39.5 Å². The number of nitrogens with one attached hydrogen (secondary N) is 1. The molecule has 0 fully saturated rings. The van der Waals surface area contributed by atoms with Gasteiger partial charge in [0.2, 0.25) is 5.82 Å². The molecule has 8 heteroatoms. The van der Waals surface area contributed by atoms with Crippen LogP contribution >= 0.6 is 0 Å². The third-order valence-electron chi connectivity index (χ3n) is 5.36. The van der Waals surface area contributed by atoms with Gasteiger partial charge in [-0.1, -0.05) is 38.8 Å². The minimum atomic E-state index is 0.0256. The van der Waals surface area contributed by atoms with Crippen LogP contribution in [0.1, 0.15) is 45.2 Å². The first-order valence-corrected chi connectivity index (χ1v) is 10.8. The number of unbranched alkanes of at least 4 members (excludes halogenated alkanes) is 2. The van der Waals surface area contributed by atoms with Crippen molar-refractivity contribution in [2.75, 3.05) is 0 Å². The lowest BCUT2D eigenvalue weighted by atomic mass is 10.0. The third kappa shape index (κ3) is 4.33. The Morgan fingerprint density at radius 2 is 1.84 bits per heavy atom. The molecule has 0 bridgehead atoms. The SMILES string of the molecule is CCCCc1cn(CCCC)c(=O)n1-c1ccc(-c2ncccc2-c2nn[nH]n2)cc1. The van der Waals surface area contributed by atoms with Crippen LogP contribution < -0.4 is 5.69 Å². The number of nitrogens with zero attached hydrogens (tertiary/aromatic N) is 6. The first-order valence-electron chi connectivity index (χ1n) is 10.8. The van der Waals surface area contributed by atoms with Crippen LogP contribution in [0.4, 0.5) is 0 Å². The summed E-state index contributed by atoms with van der Waals surface area (Å²) in [7, 11) is 0. The number of aromatic amines is 1. The topological polar surface area (TPSA) is 94.3 Å². The molecular weight excluding hydrogens is 390 g/mol. The number of rotatable bonds is 9. The molecular formula is C23H27N7O. The van der Waals surface area contributed by atoms with Gasteiger partial charge in [-0.05, 0) is 48.7 Å². The maximum atomic E-state index is 13.1. The Bertz CT molecular complexity index is 1170. The molecule has 0 atom stereocenters. The summed E-state index contributed by atoms with van der Waals surface area (Å²) in [5.74, 6) is 0.498. The standard InChI is InChI=1S/C23H27N7O/c1-3-5-8-19-16-29(15-6-4-2)23(31)30(19)18-12-10-17(11-13-18)21-20(9-7-14-24-21)22-25-27-28-26-22/h7,9-14,16H,3-6,8,15H2,1-2H3,(H,25,26,27,28). The normalized spacial score (nSPS) is 11.2. The van der Waals surface area contributed by atoms with E-state index < -0.39 is 0 Å². The van der Waals surface area contributed by atoms with E-state index >= 15 is 0 Å². The molecule has 1 aromatic carbocycles. The fourth-order valence-corrected chi connectivity index (χ4v) is 3.70.